The third-order valence-electron chi connectivity index (χ3n) is 5.09. The van der Waals surface area contributed by atoms with Crippen LogP contribution in [0.4, 0.5) is 0 Å². The molecule has 1 fully saturated rings. The number of aliphatic hydroxyl groups is 1. The molecule has 140 valence electrons. The summed E-state index contributed by atoms with van der Waals surface area (Å²) in [5.74, 6) is 0. The highest BCUT2D eigenvalue weighted by Crippen LogP contribution is 2.26. The van der Waals surface area contributed by atoms with Crippen LogP contribution < -0.4 is 0 Å². The Balaban J connectivity index is 1.59. The van der Waals surface area contributed by atoms with Gasteiger partial charge in [0.1, 0.15) is 0 Å². The first-order chi connectivity index (χ1) is 12.9. The molecule has 2 aromatic carbocycles. The maximum absolute atomic E-state index is 8.78. The van der Waals surface area contributed by atoms with Gasteiger partial charge in [-0.15, -0.1) is 0 Å². The Morgan fingerprint density at radius 2 is 1.50 bits per heavy atom. The Bertz CT molecular complexity index is 613. The van der Waals surface area contributed by atoms with Crippen LogP contribution in [0.2, 0.25) is 0 Å². The molecule has 1 heterocycles. The molecule has 4 heteroatoms. The van der Waals surface area contributed by atoms with Gasteiger partial charge in [-0.1, -0.05) is 60.7 Å². The summed E-state index contributed by atoms with van der Waals surface area (Å²) in [5.41, 5.74) is 2.79. The molecule has 1 saturated heterocycles. The molecule has 0 spiro atoms. The van der Waals surface area contributed by atoms with E-state index in [9.17, 15) is 0 Å². The third kappa shape index (κ3) is 5.64. The molecule has 0 bridgehead atoms. The minimum atomic E-state index is 0.103. The smallest absolute Gasteiger partial charge is 0.0698 e. The van der Waals surface area contributed by atoms with E-state index in [1.165, 1.54) is 11.1 Å². The van der Waals surface area contributed by atoms with Crippen molar-refractivity contribution in [2.75, 3.05) is 52.5 Å². The molecule has 1 N–H and O–H groups in total. The quantitative estimate of drug-likeness (QED) is 0.702. The van der Waals surface area contributed by atoms with E-state index in [4.69, 9.17) is 9.84 Å². The van der Waals surface area contributed by atoms with Gasteiger partial charge in [-0.25, -0.2) is 0 Å². The average molecular weight is 354 g/mol. The molecule has 4 nitrogen and oxygen atoms in total. The first kappa shape index (κ1) is 19.1. The largest absolute Gasteiger partial charge is 0.394 e. The highest BCUT2D eigenvalue weighted by atomic mass is 16.5. The fraction of sp³-hybridized carbons (Fsp3) is 0.455. The van der Waals surface area contributed by atoms with Crippen LogP contribution in [0, 0.1) is 0 Å². The second-order valence-electron chi connectivity index (χ2n) is 6.83. The van der Waals surface area contributed by atoms with Crippen molar-refractivity contribution in [2.45, 2.75) is 12.5 Å². The number of ether oxygens (including phenoxy) is 1. The normalized spacial score (nSPS) is 17.3. The van der Waals surface area contributed by atoms with E-state index in [1.54, 1.807) is 0 Å². The molecular weight excluding hydrogens is 324 g/mol. The van der Waals surface area contributed by atoms with Crippen molar-refractivity contribution in [2.24, 2.45) is 0 Å². The van der Waals surface area contributed by atoms with Crippen molar-refractivity contribution in [1.29, 1.82) is 0 Å². The Morgan fingerprint density at radius 3 is 2.15 bits per heavy atom. The number of nitrogens with zero attached hydrogens (tertiary/aromatic N) is 2. The molecule has 3 rings (SSSR count). The van der Waals surface area contributed by atoms with Crippen LogP contribution in [0.1, 0.15) is 17.2 Å². The van der Waals surface area contributed by atoms with E-state index in [1.807, 2.05) is 0 Å². The van der Waals surface area contributed by atoms with Crippen LogP contribution in [0.25, 0.3) is 0 Å². The van der Waals surface area contributed by atoms with Crippen LogP contribution in [0.5, 0.6) is 0 Å². The molecule has 1 unspecified atom stereocenters. The second-order valence-corrected chi connectivity index (χ2v) is 6.83. The molecule has 0 aromatic heterocycles. The summed E-state index contributed by atoms with van der Waals surface area (Å²) in [6, 6.07) is 22.1. The monoisotopic (exact) mass is 354 g/mol. The first-order valence-electron chi connectivity index (χ1n) is 9.60. The van der Waals surface area contributed by atoms with E-state index >= 15 is 0 Å². The number of benzene rings is 2. The Hall–Kier alpha value is -1.72. The van der Waals surface area contributed by atoms with E-state index < -0.39 is 0 Å². The minimum absolute atomic E-state index is 0.103. The topological polar surface area (TPSA) is 35.9 Å². The fourth-order valence-electron chi connectivity index (χ4n) is 3.63. The maximum atomic E-state index is 8.78. The highest BCUT2D eigenvalue weighted by molar-refractivity contribution is 5.24. The van der Waals surface area contributed by atoms with Gasteiger partial charge in [0.15, 0.2) is 0 Å². The van der Waals surface area contributed by atoms with Gasteiger partial charge >= 0.3 is 0 Å². The molecule has 0 saturated carbocycles. The Morgan fingerprint density at radius 1 is 0.846 bits per heavy atom. The van der Waals surface area contributed by atoms with Crippen LogP contribution in [-0.2, 0) is 11.2 Å². The van der Waals surface area contributed by atoms with Gasteiger partial charge in [0.25, 0.3) is 0 Å². The molecule has 1 atom stereocenters. The summed E-state index contributed by atoms with van der Waals surface area (Å²) in [6.45, 7) is 6.48. The van der Waals surface area contributed by atoms with Gasteiger partial charge in [0.05, 0.1) is 19.8 Å². The van der Waals surface area contributed by atoms with Gasteiger partial charge in [-0.05, 0) is 17.5 Å². The van der Waals surface area contributed by atoms with Gasteiger partial charge in [-0.3, -0.25) is 9.80 Å². The van der Waals surface area contributed by atoms with Crippen molar-refractivity contribution in [1.82, 2.24) is 9.80 Å². The summed E-state index contributed by atoms with van der Waals surface area (Å²) in [5, 5.41) is 8.78. The van der Waals surface area contributed by atoms with E-state index in [0.29, 0.717) is 19.3 Å². The van der Waals surface area contributed by atoms with Crippen molar-refractivity contribution in [3.8, 4) is 0 Å². The number of hydrogen-bond donors (Lipinski definition) is 1. The second kappa shape index (κ2) is 10.4. The van der Waals surface area contributed by atoms with Crippen LogP contribution in [-0.4, -0.2) is 67.5 Å². The van der Waals surface area contributed by atoms with Gasteiger partial charge < -0.3 is 9.84 Å². The van der Waals surface area contributed by atoms with E-state index in [2.05, 4.69) is 70.5 Å². The molecule has 0 aliphatic carbocycles. The lowest BCUT2D eigenvalue weighted by Gasteiger charge is -2.39. The summed E-state index contributed by atoms with van der Waals surface area (Å²) < 4.78 is 5.40. The molecule has 26 heavy (non-hydrogen) atoms. The van der Waals surface area contributed by atoms with Gasteiger partial charge in [-0.2, -0.15) is 0 Å². The summed E-state index contributed by atoms with van der Waals surface area (Å²) >= 11 is 0. The lowest BCUT2D eigenvalue weighted by Crippen LogP contribution is -2.48. The number of aliphatic hydroxyl groups excluding tert-OH is 1. The van der Waals surface area contributed by atoms with Gasteiger partial charge in [0.2, 0.25) is 0 Å². The predicted octanol–water partition coefficient (Wildman–Crippen LogP) is 2.60. The molecule has 2 aromatic rings. The van der Waals surface area contributed by atoms with E-state index in [0.717, 1.165) is 39.1 Å². The molecular formula is C22H30N2O2. The maximum Gasteiger partial charge on any atom is 0.0698 e. The average Bonchev–Trinajstić information content (AvgIpc) is 2.71. The van der Waals surface area contributed by atoms with Crippen LogP contribution in [0.15, 0.2) is 60.7 Å². The molecule has 0 amide bonds. The van der Waals surface area contributed by atoms with Crippen molar-refractivity contribution < 1.29 is 9.84 Å². The molecule has 0 radical (unpaired) electrons. The number of piperazine rings is 1. The van der Waals surface area contributed by atoms with E-state index in [-0.39, 0.29) is 6.61 Å². The SMILES string of the molecule is OCCOCCN1CCN(C(Cc2ccccc2)c2ccccc2)CC1. The number of hydrogen-bond acceptors (Lipinski definition) is 4. The van der Waals surface area contributed by atoms with Crippen molar-refractivity contribution in [3.63, 3.8) is 0 Å². The Labute approximate surface area is 157 Å². The first-order valence-corrected chi connectivity index (χ1v) is 9.60. The summed E-state index contributed by atoms with van der Waals surface area (Å²) in [7, 11) is 0. The van der Waals surface area contributed by atoms with Crippen molar-refractivity contribution in [3.05, 3.63) is 71.8 Å². The highest BCUT2D eigenvalue weighted by Gasteiger charge is 2.25. The standard InChI is InChI=1S/C22H30N2O2/c25-16-18-26-17-15-23-11-13-24(14-12-23)22(21-9-5-2-6-10-21)19-20-7-3-1-4-8-20/h1-10,22,25H,11-19H2. The minimum Gasteiger partial charge on any atom is -0.394 e. The third-order valence-corrected chi connectivity index (χ3v) is 5.09. The summed E-state index contributed by atoms with van der Waals surface area (Å²) in [4.78, 5) is 5.08. The lowest BCUT2D eigenvalue weighted by atomic mass is 9.96. The Kier molecular flexibility index (Phi) is 7.65. The lowest BCUT2D eigenvalue weighted by molar-refractivity contribution is 0.0482. The number of rotatable bonds is 9. The predicted molar refractivity (Wildman–Crippen MR) is 105 cm³/mol. The zero-order valence-corrected chi connectivity index (χ0v) is 15.5. The van der Waals surface area contributed by atoms with Crippen LogP contribution >= 0.6 is 0 Å². The molecule has 1 aliphatic rings. The summed E-state index contributed by atoms with van der Waals surface area (Å²) in [6.07, 6.45) is 1.05. The zero-order chi connectivity index (χ0) is 18.0. The van der Waals surface area contributed by atoms with Gasteiger partial charge in [0, 0.05) is 38.8 Å². The van der Waals surface area contributed by atoms with Crippen molar-refractivity contribution >= 4 is 0 Å². The molecule has 1 aliphatic heterocycles. The zero-order valence-electron chi connectivity index (χ0n) is 15.5. The van der Waals surface area contributed by atoms with Crippen LogP contribution in [0.3, 0.4) is 0 Å². The fourth-order valence-corrected chi connectivity index (χ4v) is 3.63.